The molecule has 0 aromatic carbocycles. The van der Waals surface area contributed by atoms with Gasteiger partial charge in [-0.1, -0.05) is 32.0 Å². The number of aryl methyl sites for hydroxylation is 2. The first kappa shape index (κ1) is 17.4. The molecule has 0 radical (unpaired) electrons. The maximum absolute atomic E-state index is 11.9. The highest BCUT2D eigenvalue weighted by Gasteiger charge is 2.25. The predicted molar refractivity (Wildman–Crippen MR) is 81.3 cm³/mol. The van der Waals surface area contributed by atoms with Gasteiger partial charge in [-0.05, 0) is 25.8 Å². The van der Waals surface area contributed by atoms with Crippen LogP contribution in [0.2, 0.25) is 0 Å². The molecule has 21 heavy (non-hydrogen) atoms. The van der Waals surface area contributed by atoms with Gasteiger partial charge in [0.1, 0.15) is 6.04 Å². The minimum atomic E-state index is -1.01. The number of aliphatic carboxylic acids is 1. The molecule has 0 saturated carbocycles. The fourth-order valence-corrected chi connectivity index (χ4v) is 2.55. The van der Waals surface area contributed by atoms with Crippen molar-refractivity contribution in [1.29, 1.82) is 0 Å². The molecule has 0 aliphatic rings. The van der Waals surface area contributed by atoms with E-state index in [9.17, 15) is 9.59 Å². The van der Waals surface area contributed by atoms with Crippen LogP contribution in [0.4, 0.5) is 0 Å². The fourth-order valence-electron chi connectivity index (χ4n) is 1.79. The minimum absolute atomic E-state index is 0.100. The van der Waals surface area contributed by atoms with E-state index in [1.165, 1.54) is 11.8 Å². The average molecular weight is 311 g/mol. The van der Waals surface area contributed by atoms with Crippen LogP contribution < -0.4 is 5.32 Å². The van der Waals surface area contributed by atoms with Crippen molar-refractivity contribution >= 4 is 23.6 Å². The summed E-state index contributed by atoms with van der Waals surface area (Å²) in [7, 11) is 0. The van der Waals surface area contributed by atoms with E-state index in [4.69, 9.17) is 5.11 Å². The van der Waals surface area contributed by atoms with E-state index < -0.39 is 12.0 Å². The number of hydrogen-bond donors (Lipinski definition) is 2. The number of carboxylic acids is 1. The number of carbonyl (C=O) groups excluding carboxylic acids is 1. The molecule has 0 unspecified atom stereocenters. The maximum atomic E-state index is 11.9. The number of thioether (sulfide) groups is 1. The summed E-state index contributed by atoms with van der Waals surface area (Å²) in [6.45, 7) is 7.43. The van der Waals surface area contributed by atoms with Crippen molar-refractivity contribution < 1.29 is 14.7 Å². The quantitative estimate of drug-likeness (QED) is 0.589. The van der Waals surface area contributed by atoms with E-state index >= 15 is 0 Å². The number of carbonyl (C=O) groups is 2. The molecule has 0 aliphatic heterocycles. The molecule has 0 spiro atoms. The summed E-state index contributed by atoms with van der Waals surface area (Å²) in [5.41, 5.74) is 1.68. The van der Waals surface area contributed by atoms with Crippen molar-refractivity contribution in [3.8, 4) is 0 Å². The molecule has 1 amide bonds. The van der Waals surface area contributed by atoms with Gasteiger partial charge in [-0.3, -0.25) is 4.79 Å². The van der Waals surface area contributed by atoms with Gasteiger partial charge in [0.15, 0.2) is 5.16 Å². The van der Waals surface area contributed by atoms with Crippen LogP contribution in [0.15, 0.2) is 11.2 Å². The van der Waals surface area contributed by atoms with Gasteiger partial charge >= 0.3 is 5.97 Å². The van der Waals surface area contributed by atoms with Crippen molar-refractivity contribution in [2.24, 2.45) is 5.92 Å². The van der Waals surface area contributed by atoms with Gasteiger partial charge < -0.3 is 10.4 Å². The highest BCUT2D eigenvalue weighted by molar-refractivity contribution is 7.99. The minimum Gasteiger partial charge on any atom is -0.480 e. The summed E-state index contributed by atoms with van der Waals surface area (Å²) in [6.07, 6.45) is 0.685. The van der Waals surface area contributed by atoms with Crippen molar-refractivity contribution in [1.82, 2.24) is 15.3 Å². The molecule has 1 heterocycles. The van der Waals surface area contributed by atoms with Crippen LogP contribution in [0.25, 0.3) is 0 Å². The third-order valence-electron chi connectivity index (χ3n) is 3.09. The van der Waals surface area contributed by atoms with Crippen LogP contribution in [0.3, 0.4) is 0 Å². The standard InChI is InChI=1S/C14H21N3O3S/c1-5-8(2)12(13(19)20)17-11(18)7-21-14-15-9(3)6-10(4)16-14/h6,8,12H,5,7H2,1-4H3,(H,17,18)(H,19,20)/t8-,12-/m0/s1. The Morgan fingerprint density at radius 2 is 1.90 bits per heavy atom. The monoisotopic (exact) mass is 311 g/mol. The summed E-state index contributed by atoms with van der Waals surface area (Å²) < 4.78 is 0. The lowest BCUT2D eigenvalue weighted by atomic mass is 9.99. The van der Waals surface area contributed by atoms with Gasteiger partial charge in [-0.15, -0.1) is 0 Å². The third-order valence-corrected chi connectivity index (χ3v) is 3.94. The first-order valence-corrected chi connectivity index (χ1v) is 7.79. The van der Waals surface area contributed by atoms with E-state index in [2.05, 4.69) is 15.3 Å². The lowest BCUT2D eigenvalue weighted by Gasteiger charge is -2.19. The van der Waals surface area contributed by atoms with Crippen LogP contribution in [0.5, 0.6) is 0 Å². The van der Waals surface area contributed by atoms with Gasteiger partial charge in [0.05, 0.1) is 5.75 Å². The largest absolute Gasteiger partial charge is 0.480 e. The van der Waals surface area contributed by atoms with Gasteiger partial charge in [0.2, 0.25) is 5.91 Å². The van der Waals surface area contributed by atoms with Crippen molar-refractivity contribution in [3.05, 3.63) is 17.5 Å². The Morgan fingerprint density at radius 1 is 1.33 bits per heavy atom. The van der Waals surface area contributed by atoms with Crippen molar-refractivity contribution in [2.45, 2.75) is 45.3 Å². The van der Waals surface area contributed by atoms with E-state index in [-0.39, 0.29) is 17.6 Å². The van der Waals surface area contributed by atoms with E-state index in [1.807, 2.05) is 26.8 Å². The fraction of sp³-hybridized carbons (Fsp3) is 0.571. The van der Waals surface area contributed by atoms with Gasteiger partial charge in [-0.25, -0.2) is 14.8 Å². The Balaban J connectivity index is 2.58. The summed E-state index contributed by atoms with van der Waals surface area (Å²) in [5, 5.41) is 12.2. The molecule has 2 atom stereocenters. The van der Waals surface area contributed by atoms with Crippen molar-refractivity contribution in [2.75, 3.05) is 5.75 Å². The number of hydrogen-bond acceptors (Lipinski definition) is 5. The number of nitrogens with zero attached hydrogens (tertiary/aromatic N) is 2. The van der Waals surface area contributed by atoms with Crippen LogP contribution in [0.1, 0.15) is 31.7 Å². The van der Waals surface area contributed by atoms with Crippen molar-refractivity contribution in [3.63, 3.8) is 0 Å². The van der Waals surface area contributed by atoms with Gasteiger partial charge in [0, 0.05) is 11.4 Å². The van der Waals surface area contributed by atoms with E-state index in [0.29, 0.717) is 11.6 Å². The number of amides is 1. The van der Waals surface area contributed by atoms with Gasteiger partial charge in [-0.2, -0.15) is 0 Å². The normalized spacial score (nSPS) is 13.5. The molecule has 1 aromatic rings. The highest BCUT2D eigenvalue weighted by Crippen LogP contribution is 2.14. The molecule has 2 N–H and O–H groups in total. The molecule has 1 rings (SSSR count). The van der Waals surface area contributed by atoms with Crippen LogP contribution >= 0.6 is 11.8 Å². The smallest absolute Gasteiger partial charge is 0.326 e. The second kappa shape index (κ2) is 7.97. The molecular formula is C14H21N3O3S. The topological polar surface area (TPSA) is 92.2 Å². The third kappa shape index (κ3) is 5.71. The molecular weight excluding hydrogens is 290 g/mol. The van der Waals surface area contributed by atoms with Crippen LogP contribution in [-0.2, 0) is 9.59 Å². The number of aromatic nitrogens is 2. The lowest BCUT2D eigenvalue weighted by molar-refractivity contribution is -0.143. The second-order valence-corrected chi connectivity index (χ2v) is 5.93. The molecule has 0 bridgehead atoms. The number of rotatable bonds is 7. The second-order valence-electron chi connectivity index (χ2n) is 4.99. The summed E-state index contributed by atoms with van der Waals surface area (Å²) in [5.74, 6) is -1.35. The Labute approximate surface area is 128 Å². The molecule has 0 aliphatic carbocycles. The molecule has 7 heteroatoms. The summed E-state index contributed by atoms with van der Waals surface area (Å²) >= 11 is 1.20. The molecule has 1 aromatic heterocycles. The predicted octanol–water partition coefficient (Wildman–Crippen LogP) is 1.80. The molecule has 116 valence electrons. The first-order chi connectivity index (χ1) is 9.83. The van der Waals surface area contributed by atoms with E-state index in [1.54, 1.807) is 6.92 Å². The lowest BCUT2D eigenvalue weighted by Crippen LogP contribution is -2.45. The Bertz CT molecular complexity index is 502. The Morgan fingerprint density at radius 3 is 2.38 bits per heavy atom. The summed E-state index contributed by atoms with van der Waals surface area (Å²) in [4.78, 5) is 31.5. The van der Waals surface area contributed by atoms with Gasteiger partial charge in [0.25, 0.3) is 0 Å². The molecule has 6 nitrogen and oxygen atoms in total. The zero-order valence-electron chi connectivity index (χ0n) is 12.7. The molecule has 0 saturated heterocycles. The Hall–Kier alpha value is -1.63. The molecule has 0 fully saturated rings. The van der Waals surface area contributed by atoms with Crippen LogP contribution in [0, 0.1) is 19.8 Å². The zero-order valence-corrected chi connectivity index (χ0v) is 13.5. The average Bonchev–Trinajstić information content (AvgIpc) is 2.40. The first-order valence-electron chi connectivity index (χ1n) is 6.80. The highest BCUT2D eigenvalue weighted by atomic mass is 32.2. The number of nitrogens with one attached hydrogen (secondary N) is 1. The SMILES string of the molecule is CC[C@H](C)[C@H](NC(=O)CSc1nc(C)cc(C)n1)C(=O)O. The maximum Gasteiger partial charge on any atom is 0.326 e. The van der Waals surface area contributed by atoms with E-state index in [0.717, 1.165) is 11.4 Å². The Kier molecular flexibility index (Phi) is 6.61. The summed E-state index contributed by atoms with van der Waals surface area (Å²) in [6, 6.07) is 0.997. The van der Waals surface area contributed by atoms with Crippen LogP contribution in [-0.4, -0.2) is 38.7 Å². The number of carboxylic acid groups (broad SMARTS) is 1. The zero-order chi connectivity index (χ0) is 16.0.